The number of ether oxygens (including phenoxy) is 5. The fourth-order valence-corrected chi connectivity index (χ4v) is 3.00. The Hall–Kier alpha value is -3.14. The van der Waals surface area contributed by atoms with Crippen molar-refractivity contribution in [1.29, 1.82) is 0 Å². The number of carbonyl (C=O) groups excluding carboxylic acids is 4. The predicted octanol–water partition coefficient (Wildman–Crippen LogP) is 5.51. The maximum absolute atomic E-state index is 12.8. The van der Waals surface area contributed by atoms with E-state index in [1.165, 1.54) is 12.1 Å². The largest absolute Gasteiger partial charge is 0.508 e. The molecule has 2 atom stereocenters. The Bertz CT molecular complexity index is 1000. The van der Waals surface area contributed by atoms with E-state index in [9.17, 15) is 19.2 Å². The zero-order valence-corrected chi connectivity index (χ0v) is 25.3. The number of hydrogen-bond donors (Lipinski definition) is 1. The van der Waals surface area contributed by atoms with Gasteiger partial charge < -0.3 is 29.4 Å². The van der Waals surface area contributed by atoms with Crippen molar-refractivity contribution in [2.24, 2.45) is 16.6 Å². The summed E-state index contributed by atoms with van der Waals surface area (Å²) in [6.45, 7) is 14.5. The number of esters is 3. The molecule has 40 heavy (non-hydrogen) atoms. The third-order valence-corrected chi connectivity index (χ3v) is 6.77. The first-order chi connectivity index (χ1) is 18.7. The van der Waals surface area contributed by atoms with Crippen molar-refractivity contribution in [3.63, 3.8) is 0 Å². The Balaban J connectivity index is 2.90. The van der Waals surface area contributed by atoms with Crippen LogP contribution in [-0.4, -0.2) is 49.4 Å². The van der Waals surface area contributed by atoms with Crippen LogP contribution < -0.4 is 15.2 Å². The van der Waals surface area contributed by atoms with Crippen molar-refractivity contribution >= 4 is 24.1 Å². The molecular weight excluding hydrogens is 518 g/mol. The molecule has 10 nitrogen and oxygen atoms in total. The van der Waals surface area contributed by atoms with Crippen LogP contribution in [0.15, 0.2) is 18.2 Å². The average molecular weight is 566 g/mol. The van der Waals surface area contributed by atoms with Gasteiger partial charge in [0.15, 0.2) is 11.5 Å². The van der Waals surface area contributed by atoms with E-state index in [0.717, 1.165) is 19.3 Å². The highest BCUT2D eigenvalue weighted by atomic mass is 16.7. The SMILES string of the molecule is CCCCCOC(=O)OC[C@H](C)OC(=O)[C@@H](N)Cc1ccc(OC(=O)C(C)(C)CC)c(OC(=O)C(C)(C)CC)c1. The molecule has 226 valence electrons. The maximum Gasteiger partial charge on any atom is 0.508 e. The van der Waals surface area contributed by atoms with Crippen LogP contribution in [0.4, 0.5) is 4.79 Å². The van der Waals surface area contributed by atoms with Gasteiger partial charge in [-0.25, -0.2) is 4.79 Å². The summed E-state index contributed by atoms with van der Waals surface area (Å²) < 4.78 is 26.5. The third kappa shape index (κ3) is 11.5. The first-order valence-electron chi connectivity index (χ1n) is 14.0. The number of rotatable bonds is 16. The molecule has 0 saturated carbocycles. The van der Waals surface area contributed by atoms with Crippen molar-refractivity contribution in [3.8, 4) is 11.5 Å². The molecule has 1 aromatic rings. The highest BCUT2D eigenvalue weighted by Crippen LogP contribution is 2.34. The van der Waals surface area contributed by atoms with Gasteiger partial charge in [0, 0.05) is 0 Å². The molecule has 2 N–H and O–H groups in total. The fourth-order valence-electron chi connectivity index (χ4n) is 3.00. The minimum absolute atomic E-state index is 0.0578. The third-order valence-electron chi connectivity index (χ3n) is 6.77. The van der Waals surface area contributed by atoms with E-state index in [2.05, 4.69) is 0 Å². The Morgan fingerprint density at radius 3 is 1.98 bits per heavy atom. The van der Waals surface area contributed by atoms with Crippen LogP contribution in [-0.2, 0) is 35.0 Å². The maximum atomic E-state index is 12.8. The average Bonchev–Trinajstić information content (AvgIpc) is 2.90. The number of unbranched alkanes of at least 4 members (excludes halogenated alkanes) is 2. The van der Waals surface area contributed by atoms with Crippen LogP contribution in [0, 0.1) is 10.8 Å². The molecule has 0 unspecified atom stereocenters. The van der Waals surface area contributed by atoms with Crippen molar-refractivity contribution in [2.45, 2.75) is 106 Å². The van der Waals surface area contributed by atoms with E-state index < -0.39 is 47.0 Å². The lowest BCUT2D eigenvalue weighted by molar-refractivity contribution is -0.152. The summed E-state index contributed by atoms with van der Waals surface area (Å²) in [5.74, 6) is -1.49. The van der Waals surface area contributed by atoms with Gasteiger partial charge in [0.1, 0.15) is 18.8 Å². The Morgan fingerprint density at radius 1 is 0.850 bits per heavy atom. The second-order valence-electron chi connectivity index (χ2n) is 11.2. The van der Waals surface area contributed by atoms with E-state index in [-0.39, 0.29) is 31.1 Å². The molecule has 0 bridgehead atoms. The molecule has 10 heteroatoms. The highest BCUT2D eigenvalue weighted by Gasteiger charge is 2.31. The second-order valence-corrected chi connectivity index (χ2v) is 11.2. The first-order valence-corrected chi connectivity index (χ1v) is 14.0. The quantitative estimate of drug-likeness (QED) is 0.155. The molecule has 0 saturated heterocycles. The Morgan fingerprint density at radius 2 is 1.43 bits per heavy atom. The van der Waals surface area contributed by atoms with Crippen molar-refractivity contribution in [1.82, 2.24) is 0 Å². The van der Waals surface area contributed by atoms with Gasteiger partial charge >= 0.3 is 24.1 Å². The van der Waals surface area contributed by atoms with E-state index in [1.807, 2.05) is 20.8 Å². The molecule has 0 radical (unpaired) electrons. The summed E-state index contributed by atoms with van der Waals surface area (Å²) >= 11 is 0. The van der Waals surface area contributed by atoms with Gasteiger partial charge in [-0.15, -0.1) is 0 Å². The van der Waals surface area contributed by atoms with Gasteiger partial charge in [0.25, 0.3) is 0 Å². The Kier molecular flexibility index (Phi) is 14.1. The lowest BCUT2D eigenvalue weighted by Gasteiger charge is -2.23. The zero-order chi connectivity index (χ0) is 30.5. The van der Waals surface area contributed by atoms with Crippen molar-refractivity contribution in [3.05, 3.63) is 23.8 Å². The van der Waals surface area contributed by atoms with Gasteiger partial charge in [-0.2, -0.15) is 0 Å². The lowest BCUT2D eigenvalue weighted by Crippen LogP contribution is -2.37. The molecule has 0 heterocycles. The molecule has 1 aromatic carbocycles. The number of nitrogens with two attached hydrogens (primary N) is 1. The number of carbonyl (C=O) groups is 4. The smallest absolute Gasteiger partial charge is 0.458 e. The van der Waals surface area contributed by atoms with E-state index in [4.69, 9.17) is 29.4 Å². The van der Waals surface area contributed by atoms with Crippen LogP contribution in [0.5, 0.6) is 11.5 Å². The van der Waals surface area contributed by atoms with E-state index in [0.29, 0.717) is 18.4 Å². The van der Waals surface area contributed by atoms with Gasteiger partial charge in [-0.1, -0.05) is 39.7 Å². The van der Waals surface area contributed by atoms with Crippen LogP contribution in [0.1, 0.15) is 93.1 Å². The molecule has 0 aliphatic rings. The van der Waals surface area contributed by atoms with E-state index >= 15 is 0 Å². The van der Waals surface area contributed by atoms with Crippen molar-refractivity contribution in [2.75, 3.05) is 13.2 Å². The van der Waals surface area contributed by atoms with E-state index in [1.54, 1.807) is 40.7 Å². The topological polar surface area (TPSA) is 140 Å². The molecule has 0 spiro atoms. The van der Waals surface area contributed by atoms with Crippen LogP contribution >= 0.6 is 0 Å². The summed E-state index contributed by atoms with van der Waals surface area (Å²) in [6, 6.07) is 3.63. The first kappa shape index (κ1) is 34.9. The van der Waals surface area contributed by atoms with Crippen LogP contribution in [0.2, 0.25) is 0 Å². The standard InChI is InChI=1S/C30H47NO9/c1-9-12-13-16-36-28(35)37-19-20(4)38-25(32)22(31)17-21-14-15-23(39-26(33)29(5,6)10-2)24(18-21)40-27(34)30(7,8)11-3/h14-15,18,20,22H,9-13,16-17,19,31H2,1-8H3/t20-,22-/m0/s1. The molecule has 0 aliphatic carbocycles. The molecule has 0 fully saturated rings. The minimum Gasteiger partial charge on any atom is -0.458 e. The molecular formula is C30H47NO9. The summed E-state index contributed by atoms with van der Waals surface area (Å²) in [4.78, 5) is 49.7. The highest BCUT2D eigenvalue weighted by molar-refractivity contribution is 5.81. The summed E-state index contributed by atoms with van der Waals surface area (Å²) in [7, 11) is 0. The van der Waals surface area contributed by atoms with Crippen LogP contribution in [0.3, 0.4) is 0 Å². The molecule has 0 aromatic heterocycles. The molecule has 1 rings (SSSR count). The summed E-state index contributed by atoms with van der Waals surface area (Å²) in [6.07, 6.45) is 2.30. The minimum atomic E-state index is -1.05. The normalized spacial score (nSPS) is 13.1. The number of hydrogen-bond acceptors (Lipinski definition) is 10. The van der Waals surface area contributed by atoms with Gasteiger partial charge in [-0.3, -0.25) is 14.4 Å². The molecule has 0 amide bonds. The Labute approximate surface area is 238 Å². The van der Waals surface area contributed by atoms with Gasteiger partial charge in [0.05, 0.1) is 17.4 Å². The van der Waals surface area contributed by atoms with Gasteiger partial charge in [-0.05, 0) is 78.0 Å². The summed E-state index contributed by atoms with van der Waals surface area (Å²) in [5, 5.41) is 0. The monoisotopic (exact) mass is 565 g/mol. The predicted molar refractivity (Wildman–Crippen MR) is 150 cm³/mol. The van der Waals surface area contributed by atoms with Crippen LogP contribution in [0.25, 0.3) is 0 Å². The molecule has 0 aliphatic heterocycles. The second kappa shape index (κ2) is 16.2. The fraction of sp³-hybridized carbons (Fsp3) is 0.667. The number of benzene rings is 1. The van der Waals surface area contributed by atoms with Crippen molar-refractivity contribution < 1.29 is 42.9 Å². The summed E-state index contributed by atoms with van der Waals surface area (Å²) in [5.41, 5.74) is 5.15. The zero-order valence-electron chi connectivity index (χ0n) is 25.3. The van der Waals surface area contributed by atoms with Gasteiger partial charge in [0.2, 0.25) is 0 Å². The lowest BCUT2D eigenvalue weighted by atomic mass is 9.90.